The largest absolute Gasteiger partial charge is 0.457 e. The van der Waals surface area contributed by atoms with Gasteiger partial charge in [-0.05, 0) is 48.3 Å². The molecule has 0 bridgehead atoms. The molecule has 0 aliphatic carbocycles. The first-order valence-electron chi connectivity index (χ1n) is 7.53. The molecule has 0 saturated heterocycles. The van der Waals surface area contributed by atoms with E-state index in [1.54, 1.807) is 11.8 Å². The maximum atomic E-state index is 11.9. The Morgan fingerprint density at radius 2 is 1.75 bits per heavy atom. The molecule has 0 aliphatic heterocycles. The fourth-order valence-electron chi connectivity index (χ4n) is 2.00. The summed E-state index contributed by atoms with van der Waals surface area (Å²) in [7, 11) is 0. The van der Waals surface area contributed by atoms with E-state index in [1.165, 1.54) is 0 Å². The van der Waals surface area contributed by atoms with Gasteiger partial charge in [0, 0.05) is 6.54 Å². The lowest BCUT2D eigenvalue weighted by molar-refractivity contribution is -0.122. The minimum absolute atomic E-state index is 0. The lowest BCUT2D eigenvalue weighted by atomic mass is 10.2. The van der Waals surface area contributed by atoms with Crippen LogP contribution in [0.2, 0.25) is 0 Å². The minimum Gasteiger partial charge on any atom is -0.457 e. The Kier molecular flexibility index (Phi) is 9.30. The van der Waals surface area contributed by atoms with Crippen molar-refractivity contribution in [2.24, 2.45) is 5.73 Å². The summed E-state index contributed by atoms with van der Waals surface area (Å²) in [6.45, 7) is 0.470. The second-order valence-electron chi connectivity index (χ2n) is 5.16. The summed E-state index contributed by atoms with van der Waals surface area (Å²) in [5.41, 5.74) is 6.84. The van der Waals surface area contributed by atoms with Crippen molar-refractivity contribution in [3.05, 3.63) is 60.2 Å². The molecule has 0 spiro atoms. The number of para-hydroxylation sites is 1. The molecule has 0 aliphatic rings. The van der Waals surface area contributed by atoms with Crippen molar-refractivity contribution < 1.29 is 9.53 Å². The van der Waals surface area contributed by atoms with E-state index in [1.807, 2.05) is 60.9 Å². The number of nitrogens with two attached hydrogens (primary N) is 1. The summed E-state index contributed by atoms with van der Waals surface area (Å²) in [6, 6.07) is 16.8. The minimum atomic E-state index is -0.442. The lowest BCUT2D eigenvalue weighted by Crippen LogP contribution is -2.40. The Labute approximate surface area is 153 Å². The second kappa shape index (κ2) is 11.0. The third-order valence-electron chi connectivity index (χ3n) is 3.34. The molecule has 6 heteroatoms. The number of carbonyl (C=O) groups excluding carboxylic acids is 1. The Hall–Kier alpha value is -1.69. The van der Waals surface area contributed by atoms with Gasteiger partial charge in [-0.1, -0.05) is 30.3 Å². The van der Waals surface area contributed by atoms with Crippen LogP contribution in [0.5, 0.6) is 11.5 Å². The number of thioether (sulfide) groups is 1. The molecule has 24 heavy (non-hydrogen) atoms. The predicted octanol–water partition coefficient (Wildman–Crippen LogP) is 3.60. The molecule has 2 aromatic rings. The van der Waals surface area contributed by atoms with Crippen molar-refractivity contribution in [3.63, 3.8) is 0 Å². The van der Waals surface area contributed by atoms with Crippen LogP contribution in [0.15, 0.2) is 54.6 Å². The van der Waals surface area contributed by atoms with Crippen LogP contribution in [0.1, 0.15) is 12.0 Å². The zero-order chi connectivity index (χ0) is 16.5. The number of nitrogens with one attached hydrogen (secondary N) is 1. The quantitative estimate of drug-likeness (QED) is 0.749. The topological polar surface area (TPSA) is 64.4 Å². The molecule has 1 atom stereocenters. The van der Waals surface area contributed by atoms with Crippen LogP contribution in [-0.4, -0.2) is 24.0 Å². The second-order valence-corrected chi connectivity index (χ2v) is 6.15. The van der Waals surface area contributed by atoms with E-state index in [0.29, 0.717) is 13.0 Å². The van der Waals surface area contributed by atoms with Crippen LogP contribution >= 0.6 is 24.2 Å². The fourth-order valence-corrected chi connectivity index (χ4v) is 2.49. The van der Waals surface area contributed by atoms with Crippen molar-refractivity contribution in [2.45, 2.75) is 19.0 Å². The number of benzene rings is 2. The molecule has 3 N–H and O–H groups in total. The highest BCUT2D eigenvalue weighted by Gasteiger charge is 2.12. The standard InChI is InChI=1S/C18H22N2O2S.ClH/c1-23-12-11-17(19)18(21)20-13-14-7-9-16(10-8-14)22-15-5-3-2-4-6-15;/h2-10,17H,11-13,19H2,1H3,(H,20,21);1H/t17-;/m0./s1. The van der Waals surface area contributed by atoms with E-state index in [9.17, 15) is 4.79 Å². The number of amides is 1. The summed E-state index contributed by atoms with van der Waals surface area (Å²) in [5, 5.41) is 2.86. The number of halogens is 1. The molecule has 2 aromatic carbocycles. The van der Waals surface area contributed by atoms with Crippen LogP contribution < -0.4 is 15.8 Å². The summed E-state index contributed by atoms with van der Waals surface area (Å²) in [4.78, 5) is 11.9. The van der Waals surface area contributed by atoms with Gasteiger partial charge in [-0.15, -0.1) is 12.4 Å². The van der Waals surface area contributed by atoms with E-state index >= 15 is 0 Å². The average Bonchev–Trinajstić information content (AvgIpc) is 2.59. The first-order valence-corrected chi connectivity index (χ1v) is 8.92. The van der Waals surface area contributed by atoms with Crippen molar-refractivity contribution in [1.82, 2.24) is 5.32 Å². The number of hydrogen-bond donors (Lipinski definition) is 2. The predicted molar refractivity (Wildman–Crippen MR) is 103 cm³/mol. The van der Waals surface area contributed by atoms with E-state index in [0.717, 1.165) is 22.8 Å². The number of hydrogen-bond acceptors (Lipinski definition) is 4. The number of ether oxygens (including phenoxy) is 1. The fraction of sp³-hybridized carbons (Fsp3) is 0.278. The van der Waals surface area contributed by atoms with Crippen LogP contribution in [0, 0.1) is 0 Å². The zero-order valence-corrected chi connectivity index (χ0v) is 15.2. The molecule has 0 radical (unpaired) electrons. The monoisotopic (exact) mass is 366 g/mol. The summed E-state index contributed by atoms with van der Waals surface area (Å²) in [5.74, 6) is 2.35. The summed E-state index contributed by atoms with van der Waals surface area (Å²) in [6.07, 6.45) is 2.69. The lowest BCUT2D eigenvalue weighted by Gasteiger charge is -2.12. The molecule has 4 nitrogen and oxygen atoms in total. The first-order chi connectivity index (χ1) is 11.2. The SMILES string of the molecule is CSCC[C@H](N)C(=O)NCc1ccc(Oc2ccccc2)cc1.Cl. The molecule has 0 heterocycles. The van der Waals surface area contributed by atoms with Gasteiger partial charge in [-0.2, -0.15) is 11.8 Å². The number of rotatable bonds is 8. The van der Waals surface area contributed by atoms with Crippen molar-refractivity contribution in [1.29, 1.82) is 0 Å². The van der Waals surface area contributed by atoms with E-state index in [2.05, 4.69) is 5.32 Å². The highest BCUT2D eigenvalue weighted by atomic mass is 35.5. The van der Waals surface area contributed by atoms with Crippen molar-refractivity contribution in [2.75, 3.05) is 12.0 Å². The van der Waals surface area contributed by atoms with E-state index < -0.39 is 6.04 Å². The Balaban J connectivity index is 0.00000288. The van der Waals surface area contributed by atoms with Crippen LogP contribution in [0.3, 0.4) is 0 Å². The highest BCUT2D eigenvalue weighted by molar-refractivity contribution is 7.98. The third-order valence-corrected chi connectivity index (χ3v) is 3.98. The van der Waals surface area contributed by atoms with Crippen LogP contribution in [0.4, 0.5) is 0 Å². The van der Waals surface area contributed by atoms with Gasteiger partial charge < -0.3 is 15.8 Å². The zero-order valence-electron chi connectivity index (χ0n) is 13.6. The van der Waals surface area contributed by atoms with Gasteiger partial charge in [-0.3, -0.25) is 4.79 Å². The smallest absolute Gasteiger partial charge is 0.237 e. The summed E-state index contributed by atoms with van der Waals surface area (Å²) >= 11 is 1.69. The maximum Gasteiger partial charge on any atom is 0.237 e. The van der Waals surface area contributed by atoms with Gasteiger partial charge in [0.1, 0.15) is 11.5 Å². The molecule has 1 amide bonds. The Morgan fingerprint density at radius 3 is 2.38 bits per heavy atom. The van der Waals surface area contributed by atoms with E-state index in [-0.39, 0.29) is 18.3 Å². The molecule has 130 valence electrons. The highest BCUT2D eigenvalue weighted by Crippen LogP contribution is 2.21. The van der Waals surface area contributed by atoms with Crippen LogP contribution in [-0.2, 0) is 11.3 Å². The first kappa shape index (κ1) is 20.4. The molecular weight excluding hydrogens is 344 g/mol. The van der Waals surface area contributed by atoms with Gasteiger partial charge in [0.15, 0.2) is 0 Å². The normalized spacial score (nSPS) is 11.2. The van der Waals surface area contributed by atoms with Gasteiger partial charge in [-0.25, -0.2) is 0 Å². The Bertz CT molecular complexity index is 608. The molecule has 0 unspecified atom stereocenters. The molecule has 2 rings (SSSR count). The maximum absolute atomic E-state index is 11.9. The van der Waals surface area contributed by atoms with Crippen LogP contribution in [0.25, 0.3) is 0 Å². The number of carbonyl (C=O) groups is 1. The van der Waals surface area contributed by atoms with E-state index in [4.69, 9.17) is 10.5 Å². The summed E-state index contributed by atoms with van der Waals surface area (Å²) < 4.78 is 5.73. The molecule has 0 saturated carbocycles. The average molecular weight is 367 g/mol. The van der Waals surface area contributed by atoms with Crippen molar-refractivity contribution in [3.8, 4) is 11.5 Å². The molecule has 0 fully saturated rings. The Morgan fingerprint density at radius 1 is 1.12 bits per heavy atom. The van der Waals surface area contributed by atoms with Gasteiger partial charge in [0.2, 0.25) is 5.91 Å². The van der Waals surface area contributed by atoms with Gasteiger partial charge >= 0.3 is 0 Å². The van der Waals surface area contributed by atoms with Crippen molar-refractivity contribution >= 4 is 30.1 Å². The molecular formula is C18H23ClN2O2S. The molecule has 0 aromatic heterocycles. The van der Waals surface area contributed by atoms with Gasteiger partial charge in [0.25, 0.3) is 0 Å². The van der Waals surface area contributed by atoms with Gasteiger partial charge in [0.05, 0.1) is 6.04 Å². The third kappa shape index (κ3) is 6.83.